The van der Waals surface area contributed by atoms with Crippen molar-refractivity contribution >= 4 is 35.3 Å². The number of furan rings is 1. The van der Waals surface area contributed by atoms with Crippen LogP contribution >= 0.6 is 11.8 Å². The SMILES string of the molecule is COc1cccc(C=C2Sc3ccc(C(=O)NCc4ccco4)cc3NC2=O)c1. The number of thioether (sulfide) groups is 1. The minimum Gasteiger partial charge on any atom is -0.497 e. The van der Waals surface area contributed by atoms with E-state index in [0.717, 1.165) is 16.2 Å². The molecular formula is C22H18N2O4S. The number of methoxy groups -OCH3 is 1. The number of rotatable bonds is 5. The molecule has 29 heavy (non-hydrogen) atoms. The highest BCUT2D eigenvalue weighted by Gasteiger charge is 2.22. The average Bonchev–Trinajstić information content (AvgIpc) is 3.26. The Morgan fingerprint density at radius 2 is 2.10 bits per heavy atom. The summed E-state index contributed by atoms with van der Waals surface area (Å²) in [7, 11) is 1.60. The molecule has 0 unspecified atom stereocenters. The lowest BCUT2D eigenvalue weighted by molar-refractivity contribution is -0.112. The van der Waals surface area contributed by atoms with Crippen molar-refractivity contribution < 1.29 is 18.7 Å². The van der Waals surface area contributed by atoms with E-state index in [-0.39, 0.29) is 11.8 Å². The van der Waals surface area contributed by atoms with Crippen LogP contribution in [0.15, 0.2) is 75.1 Å². The third-order valence-corrected chi connectivity index (χ3v) is 5.43. The summed E-state index contributed by atoms with van der Waals surface area (Å²) in [6, 6.07) is 16.3. The van der Waals surface area contributed by atoms with Crippen LogP contribution in [0.1, 0.15) is 21.7 Å². The van der Waals surface area contributed by atoms with Crippen molar-refractivity contribution in [3.63, 3.8) is 0 Å². The Morgan fingerprint density at radius 1 is 1.21 bits per heavy atom. The molecule has 2 heterocycles. The first-order valence-electron chi connectivity index (χ1n) is 8.92. The molecule has 1 aromatic heterocycles. The van der Waals surface area contributed by atoms with Gasteiger partial charge >= 0.3 is 0 Å². The Bertz CT molecular complexity index is 1090. The van der Waals surface area contributed by atoms with Crippen LogP contribution in [0.2, 0.25) is 0 Å². The first-order chi connectivity index (χ1) is 14.1. The van der Waals surface area contributed by atoms with Gasteiger partial charge in [0.15, 0.2) is 0 Å². The number of carbonyl (C=O) groups excluding carboxylic acids is 2. The summed E-state index contributed by atoms with van der Waals surface area (Å²) in [5, 5.41) is 5.66. The second-order valence-corrected chi connectivity index (χ2v) is 7.40. The number of fused-ring (bicyclic) bond motifs is 1. The number of hydrogen-bond acceptors (Lipinski definition) is 5. The molecular weight excluding hydrogens is 388 g/mol. The van der Waals surface area contributed by atoms with Crippen molar-refractivity contribution in [3.05, 3.63) is 82.7 Å². The van der Waals surface area contributed by atoms with Crippen molar-refractivity contribution in [3.8, 4) is 5.75 Å². The maximum absolute atomic E-state index is 12.5. The Morgan fingerprint density at radius 3 is 2.90 bits per heavy atom. The van der Waals surface area contributed by atoms with Crippen LogP contribution in [0.4, 0.5) is 5.69 Å². The van der Waals surface area contributed by atoms with E-state index in [1.807, 2.05) is 36.4 Å². The quantitative estimate of drug-likeness (QED) is 0.618. The van der Waals surface area contributed by atoms with E-state index in [9.17, 15) is 9.59 Å². The Labute approximate surface area is 171 Å². The van der Waals surface area contributed by atoms with Gasteiger partial charge in [-0.05, 0) is 54.1 Å². The zero-order valence-electron chi connectivity index (χ0n) is 15.6. The Kier molecular flexibility index (Phi) is 5.39. The zero-order chi connectivity index (χ0) is 20.2. The van der Waals surface area contributed by atoms with Crippen LogP contribution in [-0.2, 0) is 11.3 Å². The molecule has 0 saturated carbocycles. The molecule has 0 saturated heterocycles. The summed E-state index contributed by atoms with van der Waals surface area (Å²) in [6.45, 7) is 0.303. The van der Waals surface area contributed by atoms with E-state index in [4.69, 9.17) is 9.15 Å². The largest absolute Gasteiger partial charge is 0.497 e. The van der Waals surface area contributed by atoms with Crippen molar-refractivity contribution in [1.29, 1.82) is 0 Å². The molecule has 2 N–H and O–H groups in total. The molecule has 6 nitrogen and oxygen atoms in total. The number of amides is 2. The lowest BCUT2D eigenvalue weighted by atomic mass is 10.1. The van der Waals surface area contributed by atoms with Crippen molar-refractivity contribution in [2.75, 3.05) is 12.4 Å². The normalized spacial score (nSPS) is 14.2. The highest BCUT2D eigenvalue weighted by molar-refractivity contribution is 8.04. The number of ether oxygens (including phenoxy) is 1. The van der Waals surface area contributed by atoms with Crippen LogP contribution in [-0.4, -0.2) is 18.9 Å². The van der Waals surface area contributed by atoms with Gasteiger partial charge in [-0.2, -0.15) is 0 Å². The summed E-state index contributed by atoms with van der Waals surface area (Å²) < 4.78 is 10.4. The Balaban J connectivity index is 1.50. The third kappa shape index (κ3) is 4.35. The fourth-order valence-corrected chi connectivity index (χ4v) is 3.80. The summed E-state index contributed by atoms with van der Waals surface area (Å²) in [4.78, 5) is 26.4. The maximum atomic E-state index is 12.5. The van der Waals surface area contributed by atoms with E-state index in [1.165, 1.54) is 11.8 Å². The van der Waals surface area contributed by atoms with E-state index in [0.29, 0.717) is 28.5 Å². The van der Waals surface area contributed by atoms with Gasteiger partial charge < -0.3 is 19.8 Å². The number of anilines is 1. The lowest BCUT2D eigenvalue weighted by Gasteiger charge is -2.19. The number of nitrogens with one attached hydrogen (secondary N) is 2. The van der Waals surface area contributed by atoms with Gasteiger partial charge in [-0.25, -0.2) is 0 Å². The predicted molar refractivity (Wildman–Crippen MR) is 112 cm³/mol. The molecule has 0 bridgehead atoms. The summed E-state index contributed by atoms with van der Waals surface area (Å²) in [6.07, 6.45) is 3.37. The lowest BCUT2D eigenvalue weighted by Crippen LogP contribution is -2.23. The second kappa shape index (κ2) is 8.28. The van der Waals surface area contributed by atoms with Gasteiger partial charge in [0.25, 0.3) is 11.8 Å². The molecule has 2 amide bonds. The smallest absolute Gasteiger partial charge is 0.262 e. The number of carbonyl (C=O) groups is 2. The standard InChI is InChI=1S/C22H18N2O4S/c1-27-16-5-2-4-14(10-16)11-20-22(26)24-18-12-15(7-8-19(18)29-20)21(25)23-13-17-6-3-9-28-17/h2-12H,13H2,1H3,(H,23,25)(H,24,26). The molecule has 3 aromatic rings. The van der Waals surface area contributed by atoms with E-state index >= 15 is 0 Å². The minimum atomic E-state index is -0.235. The van der Waals surface area contributed by atoms with Crippen LogP contribution in [0.5, 0.6) is 5.75 Å². The summed E-state index contributed by atoms with van der Waals surface area (Å²) in [5.74, 6) is 0.957. The number of hydrogen-bond donors (Lipinski definition) is 2. The van der Waals surface area contributed by atoms with Crippen LogP contribution in [0.25, 0.3) is 6.08 Å². The predicted octanol–water partition coefficient (Wildman–Crippen LogP) is 4.30. The van der Waals surface area contributed by atoms with Gasteiger partial charge in [0.05, 0.1) is 30.5 Å². The highest BCUT2D eigenvalue weighted by Crippen LogP contribution is 2.39. The zero-order valence-corrected chi connectivity index (χ0v) is 16.4. The van der Waals surface area contributed by atoms with Crippen molar-refractivity contribution in [2.24, 2.45) is 0 Å². The molecule has 0 fully saturated rings. The Hall–Kier alpha value is -3.45. The second-order valence-electron chi connectivity index (χ2n) is 6.31. The van der Waals surface area contributed by atoms with E-state index in [2.05, 4.69) is 10.6 Å². The van der Waals surface area contributed by atoms with Crippen LogP contribution in [0, 0.1) is 0 Å². The molecule has 7 heteroatoms. The van der Waals surface area contributed by atoms with Gasteiger partial charge in [-0.1, -0.05) is 23.9 Å². The molecule has 4 rings (SSSR count). The highest BCUT2D eigenvalue weighted by atomic mass is 32.2. The van der Waals surface area contributed by atoms with Gasteiger partial charge in [0, 0.05) is 10.5 Å². The molecule has 0 radical (unpaired) electrons. The van der Waals surface area contributed by atoms with Gasteiger partial charge in [0.2, 0.25) is 0 Å². The first kappa shape index (κ1) is 18.9. The summed E-state index contributed by atoms with van der Waals surface area (Å²) in [5.41, 5.74) is 1.96. The molecule has 146 valence electrons. The molecule has 0 atom stereocenters. The van der Waals surface area contributed by atoms with Gasteiger partial charge in [0.1, 0.15) is 11.5 Å². The van der Waals surface area contributed by atoms with E-state index in [1.54, 1.807) is 37.6 Å². The monoisotopic (exact) mass is 406 g/mol. The molecule has 1 aliphatic heterocycles. The molecule has 1 aliphatic rings. The minimum absolute atomic E-state index is 0.210. The molecule has 0 spiro atoms. The number of benzene rings is 2. The molecule has 2 aromatic carbocycles. The topological polar surface area (TPSA) is 80.6 Å². The fraction of sp³-hybridized carbons (Fsp3) is 0.0909. The summed E-state index contributed by atoms with van der Waals surface area (Å²) >= 11 is 1.37. The maximum Gasteiger partial charge on any atom is 0.262 e. The average molecular weight is 406 g/mol. The molecule has 0 aliphatic carbocycles. The van der Waals surface area contributed by atoms with Crippen molar-refractivity contribution in [2.45, 2.75) is 11.4 Å². The van der Waals surface area contributed by atoms with Crippen LogP contribution < -0.4 is 15.4 Å². The van der Waals surface area contributed by atoms with Crippen LogP contribution in [0.3, 0.4) is 0 Å². The van der Waals surface area contributed by atoms with E-state index < -0.39 is 0 Å². The van der Waals surface area contributed by atoms with Gasteiger partial charge in [-0.15, -0.1) is 0 Å². The van der Waals surface area contributed by atoms with Gasteiger partial charge in [-0.3, -0.25) is 9.59 Å². The third-order valence-electron chi connectivity index (χ3n) is 4.33. The fourth-order valence-electron chi connectivity index (χ4n) is 2.87. The first-order valence-corrected chi connectivity index (χ1v) is 9.73. The van der Waals surface area contributed by atoms with Crippen molar-refractivity contribution in [1.82, 2.24) is 5.32 Å².